The Kier molecular flexibility index (Phi) is 21.3. The van der Waals surface area contributed by atoms with Crippen molar-refractivity contribution in [1.82, 2.24) is 0 Å². The van der Waals surface area contributed by atoms with Crippen LogP contribution in [0, 0.1) is 0 Å². The van der Waals surface area contributed by atoms with E-state index in [1.807, 2.05) is 0 Å². The van der Waals surface area contributed by atoms with E-state index in [1.165, 1.54) is 0 Å². The molecule has 0 aliphatic heterocycles. The van der Waals surface area contributed by atoms with Gasteiger partial charge >= 0.3 is 38.6 Å². The summed E-state index contributed by atoms with van der Waals surface area (Å²) in [4.78, 5) is 0. The van der Waals surface area contributed by atoms with Gasteiger partial charge in [0, 0.05) is 21.1 Å². The Balaban J connectivity index is 0. The van der Waals surface area contributed by atoms with Gasteiger partial charge in [0.1, 0.15) is 0 Å². The van der Waals surface area contributed by atoms with Crippen LogP contribution >= 0.6 is 16.5 Å². The Bertz CT molecular complexity index is 6.00. The molecule has 0 heterocycles. The molecule has 0 atom stereocenters. The van der Waals surface area contributed by atoms with E-state index in [1.54, 1.807) is 0 Å². The van der Waals surface area contributed by atoms with E-state index in [2.05, 4.69) is 0 Å². The van der Waals surface area contributed by atoms with Crippen LogP contribution in [0.2, 0.25) is 0 Å². The summed E-state index contributed by atoms with van der Waals surface area (Å²) in [5.41, 5.74) is 0. The van der Waals surface area contributed by atoms with Crippen LogP contribution in [0.3, 0.4) is 0 Å². The van der Waals surface area contributed by atoms with Gasteiger partial charge in [-0.3, -0.25) is 0 Å². The Morgan fingerprint density at radius 3 is 1.25 bits per heavy atom. The molecule has 0 amide bonds. The van der Waals surface area contributed by atoms with Crippen molar-refractivity contribution in [2.45, 2.75) is 0 Å². The monoisotopic (exact) mass is 456 g/mol. The van der Waals surface area contributed by atoms with Gasteiger partial charge in [0.2, 0.25) is 0 Å². The van der Waals surface area contributed by atoms with E-state index in [4.69, 9.17) is 16.5 Å². The molecule has 0 saturated carbocycles. The molecule has 0 aliphatic rings. The largest absolute Gasteiger partial charge is 0 e. The van der Waals surface area contributed by atoms with Crippen molar-refractivity contribution in [2.24, 2.45) is 0 Å². The molecule has 0 aliphatic carbocycles. The molecule has 0 nitrogen and oxygen atoms in total. The van der Waals surface area contributed by atoms with Gasteiger partial charge in [0.05, 0.1) is 0 Å². The Morgan fingerprint density at radius 2 is 1.25 bits per heavy atom. The summed E-state index contributed by atoms with van der Waals surface area (Å²) in [5.74, 6) is 0. The summed E-state index contributed by atoms with van der Waals surface area (Å²) in [6.45, 7) is 0. The molecule has 0 unspecified atom stereocenters. The van der Waals surface area contributed by atoms with Crippen LogP contribution in [0.25, 0.3) is 0 Å². The Hall–Kier alpha value is 2.20. The van der Waals surface area contributed by atoms with Crippen molar-refractivity contribution in [3.8, 4) is 0 Å². The molecule has 0 fully saturated rings. The summed E-state index contributed by atoms with van der Waals surface area (Å²) in [6, 6.07) is 0. The van der Waals surface area contributed by atoms with Gasteiger partial charge in [-0.15, -0.1) is 0 Å². The maximum absolute atomic E-state index is 4.99. The summed E-state index contributed by atoms with van der Waals surface area (Å²) >= 11 is -1.14. The van der Waals surface area contributed by atoms with Crippen LogP contribution in [-0.4, -0.2) is 0 Å². The first-order chi connectivity index (χ1) is 1.41. The summed E-state index contributed by atoms with van der Waals surface area (Å²) in [5, 5.41) is 0. The molecule has 0 aromatic rings. The molecule has 0 saturated heterocycles. The van der Waals surface area contributed by atoms with Crippen molar-refractivity contribution in [1.29, 1.82) is 0 Å². The van der Waals surface area contributed by atoms with Crippen LogP contribution in [-0.2, 0) is 43.2 Å². The zero-order chi connectivity index (χ0) is 2.71. The van der Waals surface area contributed by atoms with Crippen molar-refractivity contribution in [3.63, 3.8) is 0 Å². The van der Waals surface area contributed by atoms with E-state index in [0.29, 0.717) is 0 Å². The van der Waals surface area contributed by atoms with Crippen molar-refractivity contribution < 1.29 is 43.2 Å². The SMILES string of the molecule is [Cl][Hg][Cl].[W]. The number of rotatable bonds is 0. The molecule has 0 aromatic carbocycles. The molecule has 0 aromatic heterocycles. The first kappa shape index (κ1) is 9.51. The Morgan fingerprint density at radius 1 is 1.25 bits per heavy atom. The molecular weight excluding hydrogens is 455 g/mol. The van der Waals surface area contributed by atoms with Crippen molar-refractivity contribution in [3.05, 3.63) is 0 Å². The van der Waals surface area contributed by atoms with E-state index in [-0.39, 0.29) is 21.1 Å². The normalized spacial score (nSPS) is 2.50. The molecule has 0 spiro atoms. The quantitative estimate of drug-likeness (QED) is 0.485. The predicted octanol–water partition coefficient (Wildman–Crippen LogP) is 1.37. The van der Waals surface area contributed by atoms with E-state index < -0.39 is 22.1 Å². The van der Waals surface area contributed by atoms with Crippen LogP contribution in [0.4, 0.5) is 0 Å². The zero-order valence-corrected chi connectivity index (χ0v) is 11.8. The minimum absolute atomic E-state index is 0. The van der Waals surface area contributed by atoms with Crippen LogP contribution in [0.1, 0.15) is 0 Å². The summed E-state index contributed by atoms with van der Waals surface area (Å²) < 4.78 is 0. The molecule has 0 rings (SSSR count). The van der Waals surface area contributed by atoms with E-state index >= 15 is 0 Å². The maximum Gasteiger partial charge on any atom is 0 e. The Labute approximate surface area is 58.8 Å². The summed E-state index contributed by atoms with van der Waals surface area (Å²) in [7, 11) is 9.97. The minimum Gasteiger partial charge on any atom is 0 e. The molecule has 0 N–H and O–H groups in total. The van der Waals surface area contributed by atoms with Gasteiger partial charge in [-0.1, -0.05) is 0 Å². The molecule has 22 valence electrons. The van der Waals surface area contributed by atoms with Gasteiger partial charge < -0.3 is 0 Å². The second kappa shape index (κ2) is 8.96. The van der Waals surface area contributed by atoms with Gasteiger partial charge in [-0.2, -0.15) is 0 Å². The molecule has 0 radical (unpaired) electrons. The fourth-order valence-corrected chi connectivity index (χ4v) is 0. The molecule has 4 heavy (non-hydrogen) atoms. The second-order valence-corrected chi connectivity index (χ2v) is 7.98. The molecule has 0 bridgehead atoms. The van der Waals surface area contributed by atoms with Crippen molar-refractivity contribution in [2.75, 3.05) is 0 Å². The van der Waals surface area contributed by atoms with Crippen molar-refractivity contribution >= 4 is 16.5 Å². The summed E-state index contributed by atoms with van der Waals surface area (Å²) in [6.07, 6.45) is 0. The smallest absolute Gasteiger partial charge is 0 e. The second-order valence-electron chi connectivity index (χ2n) is 0.101. The van der Waals surface area contributed by atoms with E-state index in [9.17, 15) is 0 Å². The fourth-order valence-electron chi connectivity index (χ4n) is 0. The van der Waals surface area contributed by atoms with Gasteiger partial charge in [0.15, 0.2) is 0 Å². The van der Waals surface area contributed by atoms with Gasteiger partial charge in [0.25, 0.3) is 0 Å². The number of halogens is 2. The first-order valence-electron chi connectivity index (χ1n) is 0.535. The minimum atomic E-state index is -1.14. The predicted molar refractivity (Wildman–Crippen MR) is 11.7 cm³/mol. The van der Waals surface area contributed by atoms with E-state index in [0.717, 1.165) is 0 Å². The van der Waals surface area contributed by atoms with Gasteiger partial charge in [-0.05, 0) is 0 Å². The van der Waals surface area contributed by atoms with Crippen LogP contribution < -0.4 is 0 Å². The molecular formula is Cl2HgW. The van der Waals surface area contributed by atoms with Crippen LogP contribution in [0.5, 0.6) is 0 Å². The third-order valence-electron chi connectivity index (χ3n) is 0. The third kappa shape index (κ3) is 8.88. The topological polar surface area (TPSA) is 0 Å². The maximum atomic E-state index is 4.99. The third-order valence-corrected chi connectivity index (χ3v) is 0. The number of hydrogen-bond donors (Lipinski definition) is 0. The molecule has 4 heteroatoms. The first-order valence-corrected chi connectivity index (χ1v) is 14.1. The standard InChI is InChI=1S/2ClH.Hg.W/h2*1H;;/q;;+2;/p-2. The zero-order valence-electron chi connectivity index (χ0n) is 1.87. The average molecular weight is 455 g/mol. The number of hydrogen-bond acceptors (Lipinski definition) is 0. The van der Waals surface area contributed by atoms with Gasteiger partial charge in [-0.25, -0.2) is 0 Å². The fraction of sp³-hybridized carbons (Fsp3) is 0. The average Bonchev–Trinajstić information content (AvgIpc) is 0.918. The van der Waals surface area contributed by atoms with Crippen LogP contribution in [0.15, 0.2) is 0 Å².